The summed E-state index contributed by atoms with van der Waals surface area (Å²) in [7, 11) is -1.31. The average Bonchev–Trinajstić information content (AvgIpc) is 2.58. The van der Waals surface area contributed by atoms with Gasteiger partial charge in [0, 0.05) is 25.3 Å². The van der Waals surface area contributed by atoms with Crippen molar-refractivity contribution in [3.8, 4) is 0 Å². The highest BCUT2D eigenvalue weighted by Crippen LogP contribution is 2.25. The van der Waals surface area contributed by atoms with E-state index in [0.29, 0.717) is 0 Å². The van der Waals surface area contributed by atoms with Crippen LogP contribution in [0.15, 0.2) is 28.0 Å². The minimum atomic E-state index is -3.92. The molecule has 1 N–H and O–H groups in total. The van der Waals surface area contributed by atoms with Crippen molar-refractivity contribution in [2.24, 2.45) is 0 Å². The van der Waals surface area contributed by atoms with Gasteiger partial charge in [-0.15, -0.1) is 0 Å². The zero-order valence-corrected chi connectivity index (χ0v) is 16.8. The summed E-state index contributed by atoms with van der Waals surface area (Å²) < 4.78 is 40.5. The van der Waals surface area contributed by atoms with Gasteiger partial charge in [0.1, 0.15) is 17.4 Å². The number of carbonyl (C=O) groups excluding carboxylic acids is 1. The lowest BCUT2D eigenvalue weighted by molar-refractivity contribution is -0.117. The second kappa shape index (κ2) is 7.93. The molecule has 1 aromatic heterocycles. The first-order valence-corrected chi connectivity index (χ1v) is 9.58. The largest absolute Gasteiger partial charge is 0.324 e. The minimum absolute atomic E-state index is 0.0579. The van der Waals surface area contributed by atoms with E-state index < -0.39 is 33.9 Å². The Morgan fingerprint density at radius 2 is 1.96 bits per heavy atom. The third kappa shape index (κ3) is 4.46. The summed E-state index contributed by atoms with van der Waals surface area (Å²) >= 11 is 11.4. The van der Waals surface area contributed by atoms with Crippen molar-refractivity contribution in [2.45, 2.75) is 18.4 Å². The Balaban J connectivity index is 2.33. The van der Waals surface area contributed by atoms with E-state index in [2.05, 4.69) is 10.4 Å². The van der Waals surface area contributed by atoms with E-state index in [9.17, 15) is 22.4 Å². The van der Waals surface area contributed by atoms with E-state index in [1.807, 2.05) is 0 Å². The Hall–Kier alpha value is -2.01. The van der Waals surface area contributed by atoms with E-state index in [-0.39, 0.29) is 26.2 Å². The molecule has 146 valence electrons. The molecule has 0 atom stereocenters. The normalized spacial score (nSPS) is 11.7. The molecule has 1 heterocycles. The molecule has 0 unspecified atom stereocenters. The average molecular weight is 437 g/mol. The first-order chi connectivity index (χ1) is 12.4. The van der Waals surface area contributed by atoms with Gasteiger partial charge in [0.25, 0.3) is 5.56 Å². The Morgan fingerprint density at radius 1 is 1.33 bits per heavy atom. The van der Waals surface area contributed by atoms with Gasteiger partial charge in [0.15, 0.2) is 0 Å². The summed E-state index contributed by atoms with van der Waals surface area (Å²) in [5.74, 6) is -1.54. The predicted octanol–water partition coefficient (Wildman–Crippen LogP) is 1.89. The lowest BCUT2D eigenvalue weighted by Gasteiger charge is -2.16. The standard InChI is InChI=1S/C15H15Cl2FN4O4S/c1-8-11(18)4-9(5-12(8)27(25,26)21(2)3)20-13(23)7-22-15(24)14(17)10(16)6-19-22/h4-6H,7H2,1-3H3,(H,20,23). The molecule has 0 spiro atoms. The summed E-state index contributed by atoms with van der Waals surface area (Å²) in [6.07, 6.45) is 1.10. The fourth-order valence-corrected chi connectivity index (χ4v) is 3.51. The van der Waals surface area contributed by atoms with Gasteiger partial charge in [-0.2, -0.15) is 5.10 Å². The smallest absolute Gasteiger partial charge is 0.287 e. The Kier molecular flexibility index (Phi) is 6.25. The zero-order chi connectivity index (χ0) is 20.5. The van der Waals surface area contributed by atoms with E-state index in [4.69, 9.17) is 23.2 Å². The number of amides is 1. The van der Waals surface area contributed by atoms with Crippen LogP contribution in [0.2, 0.25) is 10.0 Å². The molecule has 8 nitrogen and oxygen atoms in total. The molecule has 0 fully saturated rings. The van der Waals surface area contributed by atoms with Gasteiger partial charge in [0.2, 0.25) is 15.9 Å². The number of nitrogens with zero attached hydrogens (tertiary/aromatic N) is 3. The lowest BCUT2D eigenvalue weighted by atomic mass is 10.2. The minimum Gasteiger partial charge on any atom is -0.324 e. The summed E-state index contributed by atoms with van der Waals surface area (Å²) in [5.41, 5.74) is -0.939. The summed E-state index contributed by atoms with van der Waals surface area (Å²) in [6.45, 7) is 0.789. The number of nitrogens with one attached hydrogen (secondary N) is 1. The predicted molar refractivity (Wildman–Crippen MR) is 99.2 cm³/mol. The van der Waals surface area contributed by atoms with E-state index in [1.54, 1.807) is 0 Å². The Morgan fingerprint density at radius 3 is 2.56 bits per heavy atom. The van der Waals surface area contributed by atoms with Gasteiger partial charge in [0.05, 0.1) is 16.1 Å². The molecule has 0 saturated carbocycles. The first kappa shape index (κ1) is 21.3. The molecular weight excluding hydrogens is 422 g/mol. The highest BCUT2D eigenvalue weighted by atomic mass is 35.5. The van der Waals surface area contributed by atoms with Crippen molar-refractivity contribution < 1.29 is 17.6 Å². The first-order valence-electron chi connectivity index (χ1n) is 7.38. The molecule has 0 aliphatic heterocycles. The van der Waals surface area contributed by atoms with Crippen LogP contribution in [0.25, 0.3) is 0 Å². The maximum absolute atomic E-state index is 14.1. The van der Waals surface area contributed by atoms with Gasteiger partial charge in [-0.25, -0.2) is 21.8 Å². The molecule has 27 heavy (non-hydrogen) atoms. The van der Waals surface area contributed by atoms with Gasteiger partial charge >= 0.3 is 0 Å². The van der Waals surface area contributed by atoms with Crippen LogP contribution in [0.4, 0.5) is 10.1 Å². The van der Waals surface area contributed by atoms with Crippen molar-refractivity contribution in [3.63, 3.8) is 0 Å². The molecule has 0 aliphatic rings. The van der Waals surface area contributed by atoms with Crippen LogP contribution in [0, 0.1) is 12.7 Å². The maximum atomic E-state index is 14.1. The van der Waals surface area contributed by atoms with Crippen molar-refractivity contribution in [2.75, 3.05) is 19.4 Å². The van der Waals surface area contributed by atoms with Crippen LogP contribution in [-0.4, -0.2) is 42.5 Å². The fraction of sp³-hybridized carbons (Fsp3) is 0.267. The number of hydrogen-bond donors (Lipinski definition) is 1. The number of sulfonamides is 1. The zero-order valence-electron chi connectivity index (χ0n) is 14.5. The van der Waals surface area contributed by atoms with Crippen molar-refractivity contribution >= 4 is 44.8 Å². The molecule has 1 amide bonds. The van der Waals surface area contributed by atoms with Crippen LogP contribution in [-0.2, 0) is 21.4 Å². The van der Waals surface area contributed by atoms with E-state index in [1.165, 1.54) is 21.0 Å². The monoisotopic (exact) mass is 436 g/mol. The van der Waals surface area contributed by atoms with Crippen LogP contribution < -0.4 is 10.9 Å². The molecule has 2 rings (SSSR count). The number of rotatable bonds is 5. The van der Waals surface area contributed by atoms with E-state index in [0.717, 1.165) is 27.3 Å². The van der Waals surface area contributed by atoms with Gasteiger partial charge in [-0.3, -0.25) is 9.59 Å². The van der Waals surface area contributed by atoms with Crippen LogP contribution in [0.3, 0.4) is 0 Å². The second-order valence-corrected chi connectivity index (χ2v) is 8.59. The quantitative estimate of drug-likeness (QED) is 0.770. The second-order valence-electron chi connectivity index (χ2n) is 5.69. The Bertz CT molecular complexity index is 1070. The molecule has 0 radical (unpaired) electrons. The molecule has 2 aromatic rings. The van der Waals surface area contributed by atoms with Gasteiger partial charge in [-0.1, -0.05) is 23.2 Å². The van der Waals surface area contributed by atoms with Crippen molar-refractivity contribution in [1.29, 1.82) is 0 Å². The highest BCUT2D eigenvalue weighted by Gasteiger charge is 2.23. The van der Waals surface area contributed by atoms with Gasteiger partial charge in [-0.05, 0) is 19.1 Å². The molecule has 0 saturated heterocycles. The SMILES string of the molecule is Cc1c(F)cc(NC(=O)Cn2ncc(Cl)c(Cl)c2=O)cc1S(=O)(=O)N(C)C. The van der Waals surface area contributed by atoms with Crippen LogP contribution in [0.5, 0.6) is 0 Å². The van der Waals surface area contributed by atoms with Gasteiger partial charge < -0.3 is 5.32 Å². The molecule has 12 heteroatoms. The van der Waals surface area contributed by atoms with Crippen LogP contribution in [0.1, 0.15) is 5.56 Å². The van der Waals surface area contributed by atoms with Crippen molar-refractivity contribution in [3.05, 3.63) is 50.1 Å². The molecule has 1 aromatic carbocycles. The highest BCUT2D eigenvalue weighted by molar-refractivity contribution is 7.89. The summed E-state index contributed by atoms with van der Waals surface area (Å²) in [6, 6.07) is 2.11. The topological polar surface area (TPSA) is 101 Å². The fourth-order valence-electron chi connectivity index (χ4n) is 2.08. The lowest BCUT2D eigenvalue weighted by Crippen LogP contribution is -2.30. The molecule has 0 aliphatic carbocycles. The van der Waals surface area contributed by atoms with E-state index >= 15 is 0 Å². The Labute approximate surface area is 164 Å². The third-order valence-corrected chi connectivity index (χ3v) is 6.26. The molecular formula is C15H15Cl2FN4O4S. The summed E-state index contributed by atoms with van der Waals surface area (Å²) in [4.78, 5) is 23.8. The molecule has 0 bridgehead atoms. The number of hydrogen-bond acceptors (Lipinski definition) is 5. The number of aromatic nitrogens is 2. The number of carbonyl (C=O) groups is 1. The maximum Gasteiger partial charge on any atom is 0.287 e. The van der Waals surface area contributed by atoms with Crippen LogP contribution >= 0.6 is 23.2 Å². The summed E-state index contributed by atoms with van der Waals surface area (Å²) in [5, 5.41) is 5.67. The number of halogens is 3. The number of benzene rings is 1. The third-order valence-electron chi connectivity index (χ3n) is 3.57. The number of anilines is 1. The van der Waals surface area contributed by atoms with Crippen molar-refractivity contribution in [1.82, 2.24) is 14.1 Å².